The predicted octanol–water partition coefficient (Wildman–Crippen LogP) is 7.07. The molecule has 5 aromatic rings. The van der Waals surface area contributed by atoms with Crippen LogP contribution in [0.25, 0.3) is 21.9 Å². The van der Waals surface area contributed by atoms with Crippen LogP contribution < -0.4 is 4.74 Å². The number of fused-ring (bicyclic) bond motifs is 1. The average Bonchev–Trinajstić information content (AvgIpc) is 3.02. The fourth-order valence-electron chi connectivity index (χ4n) is 5.99. The Labute approximate surface area is 240 Å². The van der Waals surface area contributed by atoms with Gasteiger partial charge in [-0.25, -0.2) is 0 Å². The van der Waals surface area contributed by atoms with Crippen LogP contribution in [0.2, 0.25) is 0 Å². The number of piperidine rings is 1. The van der Waals surface area contributed by atoms with E-state index in [9.17, 15) is 15.3 Å². The third-order valence-corrected chi connectivity index (χ3v) is 8.13. The fraction of sp³-hybridized carbons (Fsp3) is 0.222. The van der Waals surface area contributed by atoms with Crippen LogP contribution in [0.15, 0.2) is 109 Å². The Kier molecular flexibility index (Phi) is 7.64. The topological polar surface area (TPSA) is 73.2 Å². The van der Waals surface area contributed by atoms with Crippen molar-refractivity contribution in [2.45, 2.75) is 24.9 Å². The summed E-state index contributed by atoms with van der Waals surface area (Å²) in [5, 5.41) is 34.8. The van der Waals surface area contributed by atoms with Gasteiger partial charge in [-0.3, -0.25) is 4.90 Å². The molecule has 1 fully saturated rings. The van der Waals surface area contributed by atoms with Gasteiger partial charge in [-0.1, -0.05) is 79.2 Å². The monoisotopic (exact) mass is 545 g/mol. The molecule has 5 aromatic carbocycles. The lowest BCUT2D eigenvalue weighted by molar-refractivity contribution is 0.127. The van der Waals surface area contributed by atoms with E-state index in [0.717, 1.165) is 52.8 Å². The minimum atomic E-state index is -1.53. The molecule has 0 radical (unpaired) electrons. The molecular weight excluding hydrogens is 510 g/mol. The molecule has 41 heavy (non-hydrogen) atoms. The Morgan fingerprint density at radius 2 is 1.37 bits per heavy atom. The van der Waals surface area contributed by atoms with Crippen molar-refractivity contribution < 1.29 is 20.1 Å². The van der Waals surface area contributed by atoms with Crippen LogP contribution in [0, 0.1) is 0 Å². The summed E-state index contributed by atoms with van der Waals surface area (Å²) in [4.78, 5) is 2.45. The first-order valence-electron chi connectivity index (χ1n) is 14.3. The summed E-state index contributed by atoms with van der Waals surface area (Å²) in [5.74, 6) is 1.10. The molecule has 1 unspecified atom stereocenters. The van der Waals surface area contributed by atoms with Crippen molar-refractivity contribution in [3.63, 3.8) is 0 Å². The highest BCUT2D eigenvalue weighted by molar-refractivity contribution is 5.95. The van der Waals surface area contributed by atoms with Gasteiger partial charge >= 0.3 is 0 Å². The SMILES string of the molecule is Oc1ccc(-c2ccc3cc(O)ccc3c2C(O)(c2ccccc2)c2ccc(OCCN3CCCCC3)cc2)cc1. The number of hydrogen-bond acceptors (Lipinski definition) is 5. The number of rotatable bonds is 8. The number of benzene rings is 5. The molecule has 6 rings (SSSR count). The van der Waals surface area contributed by atoms with Crippen LogP contribution in [-0.2, 0) is 5.60 Å². The number of phenols is 2. The van der Waals surface area contributed by atoms with Crippen molar-refractivity contribution >= 4 is 10.8 Å². The standard InChI is InChI=1S/C36H35NO4/c38-30-14-9-26(10-15-30)33-19-11-27-25-31(39)16-20-34(27)35(33)36(40,28-7-3-1-4-8-28)29-12-17-32(18-13-29)41-24-23-37-21-5-2-6-22-37/h1,3-4,7-20,25,38-40H,2,5-6,21-24H2. The Morgan fingerprint density at radius 3 is 2.10 bits per heavy atom. The Hall–Kier alpha value is -4.32. The van der Waals surface area contributed by atoms with E-state index in [0.29, 0.717) is 17.7 Å². The van der Waals surface area contributed by atoms with Gasteiger partial charge in [-0.2, -0.15) is 0 Å². The molecule has 0 saturated carbocycles. The number of phenolic OH excluding ortho intramolecular Hbond substituents is 2. The largest absolute Gasteiger partial charge is 0.508 e. The van der Waals surface area contributed by atoms with Gasteiger partial charge in [0.1, 0.15) is 29.5 Å². The lowest BCUT2D eigenvalue weighted by Crippen LogP contribution is -2.33. The quantitative estimate of drug-likeness (QED) is 0.182. The van der Waals surface area contributed by atoms with Gasteiger partial charge in [0.15, 0.2) is 0 Å². The second-order valence-electron chi connectivity index (χ2n) is 10.8. The average molecular weight is 546 g/mol. The minimum Gasteiger partial charge on any atom is -0.508 e. The van der Waals surface area contributed by atoms with Gasteiger partial charge < -0.3 is 20.1 Å². The van der Waals surface area contributed by atoms with Crippen molar-refractivity contribution in [1.82, 2.24) is 4.90 Å². The third kappa shape index (κ3) is 5.51. The molecule has 5 nitrogen and oxygen atoms in total. The van der Waals surface area contributed by atoms with E-state index in [1.54, 1.807) is 24.3 Å². The van der Waals surface area contributed by atoms with Gasteiger partial charge in [0.05, 0.1) is 0 Å². The van der Waals surface area contributed by atoms with Crippen LogP contribution in [0.1, 0.15) is 36.0 Å². The van der Waals surface area contributed by atoms with E-state index in [2.05, 4.69) is 4.90 Å². The van der Waals surface area contributed by atoms with E-state index in [1.807, 2.05) is 84.9 Å². The van der Waals surface area contributed by atoms with Crippen molar-refractivity contribution in [3.05, 3.63) is 126 Å². The summed E-state index contributed by atoms with van der Waals surface area (Å²) < 4.78 is 6.10. The zero-order valence-electron chi connectivity index (χ0n) is 23.0. The Balaban J connectivity index is 1.45. The second kappa shape index (κ2) is 11.7. The highest BCUT2D eigenvalue weighted by Gasteiger charge is 2.37. The molecular formula is C36H35NO4. The molecule has 0 spiro atoms. The predicted molar refractivity (Wildman–Crippen MR) is 163 cm³/mol. The first kappa shape index (κ1) is 26.9. The van der Waals surface area contributed by atoms with Crippen molar-refractivity contribution in [1.29, 1.82) is 0 Å². The van der Waals surface area contributed by atoms with Gasteiger partial charge in [0, 0.05) is 12.1 Å². The molecule has 208 valence electrons. The minimum absolute atomic E-state index is 0.162. The summed E-state index contributed by atoms with van der Waals surface area (Å²) in [5.41, 5.74) is 2.28. The number of hydrogen-bond donors (Lipinski definition) is 3. The van der Waals surface area contributed by atoms with Gasteiger partial charge in [-0.15, -0.1) is 0 Å². The molecule has 0 aromatic heterocycles. The van der Waals surface area contributed by atoms with Crippen LogP contribution in [0.4, 0.5) is 0 Å². The summed E-state index contributed by atoms with van der Waals surface area (Å²) >= 11 is 0. The number of likely N-dealkylation sites (tertiary alicyclic amines) is 1. The van der Waals surface area contributed by atoms with E-state index in [4.69, 9.17) is 4.74 Å². The summed E-state index contributed by atoms with van der Waals surface area (Å²) in [7, 11) is 0. The third-order valence-electron chi connectivity index (χ3n) is 8.13. The first-order valence-corrected chi connectivity index (χ1v) is 14.3. The van der Waals surface area contributed by atoms with Crippen molar-refractivity contribution in [2.75, 3.05) is 26.2 Å². The molecule has 1 aliphatic heterocycles. The lowest BCUT2D eigenvalue weighted by Gasteiger charge is -2.33. The summed E-state index contributed by atoms with van der Waals surface area (Å²) in [6.45, 7) is 3.81. The smallest absolute Gasteiger partial charge is 0.141 e. The zero-order chi connectivity index (χ0) is 28.2. The highest BCUT2D eigenvalue weighted by Crippen LogP contribution is 2.46. The van der Waals surface area contributed by atoms with Crippen LogP contribution in [-0.4, -0.2) is 46.5 Å². The molecule has 1 saturated heterocycles. The van der Waals surface area contributed by atoms with E-state index in [-0.39, 0.29) is 11.5 Å². The molecule has 0 bridgehead atoms. The lowest BCUT2D eigenvalue weighted by atomic mass is 9.75. The van der Waals surface area contributed by atoms with Gasteiger partial charge in [-0.05, 0) is 95.4 Å². The van der Waals surface area contributed by atoms with Gasteiger partial charge in [0.2, 0.25) is 0 Å². The van der Waals surface area contributed by atoms with E-state index >= 15 is 0 Å². The maximum Gasteiger partial charge on any atom is 0.141 e. The van der Waals surface area contributed by atoms with Crippen LogP contribution >= 0.6 is 0 Å². The summed E-state index contributed by atoms with van der Waals surface area (Å²) in [6, 6.07) is 33.5. The van der Waals surface area contributed by atoms with Crippen molar-refractivity contribution in [3.8, 4) is 28.4 Å². The number of aromatic hydroxyl groups is 2. The van der Waals surface area contributed by atoms with Crippen LogP contribution in [0.5, 0.6) is 17.2 Å². The zero-order valence-corrected chi connectivity index (χ0v) is 23.0. The number of nitrogens with zero attached hydrogens (tertiary/aromatic N) is 1. The van der Waals surface area contributed by atoms with E-state index < -0.39 is 5.60 Å². The van der Waals surface area contributed by atoms with Gasteiger partial charge in [0.25, 0.3) is 0 Å². The normalized spacial score (nSPS) is 15.4. The Morgan fingerprint density at radius 1 is 0.683 bits per heavy atom. The molecule has 3 N–H and O–H groups in total. The molecule has 1 heterocycles. The highest BCUT2D eigenvalue weighted by atomic mass is 16.5. The maximum atomic E-state index is 13.0. The molecule has 5 heteroatoms. The number of aliphatic hydroxyl groups is 1. The van der Waals surface area contributed by atoms with E-state index in [1.165, 1.54) is 19.3 Å². The second-order valence-corrected chi connectivity index (χ2v) is 10.8. The number of ether oxygens (including phenoxy) is 1. The molecule has 1 aliphatic rings. The molecule has 0 amide bonds. The first-order chi connectivity index (χ1) is 20.0. The van der Waals surface area contributed by atoms with Crippen LogP contribution in [0.3, 0.4) is 0 Å². The maximum absolute atomic E-state index is 13.0. The Bertz CT molecular complexity index is 1610. The van der Waals surface area contributed by atoms with Crippen molar-refractivity contribution in [2.24, 2.45) is 0 Å². The molecule has 0 aliphatic carbocycles. The summed E-state index contributed by atoms with van der Waals surface area (Å²) in [6.07, 6.45) is 3.83. The molecule has 1 atom stereocenters. The fourth-order valence-corrected chi connectivity index (χ4v) is 5.99.